The summed E-state index contributed by atoms with van der Waals surface area (Å²) < 4.78 is 5.41. The molecule has 1 aliphatic rings. The number of hydrogen-bond donors (Lipinski definition) is 1. The fraction of sp³-hybridized carbons (Fsp3) is 0.200. The average molecular weight is 223 g/mol. The third kappa shape index (κ3) is 1.35. The van der Waals surface area contributed by atoms with Gasteiger partial charge < -0.3 is 9.73 Å². The molecule has 0 saturated carbocycles. The number of nitrogens with one attached hydrogen (secondary N) is 1. The van der Waals surface area contributed by atoms with E-state index in [-0.39, 0.29) is 0 Å². The minimum Gasteiger partial charge on any atom is -0.468 e. The SMILES string of the molecule is c1coc(C2CNc3sccc3S2)c1. The highest BCUT2D eigenvalue weighted by atomic mass is 32.2. The van der Waals surface area contributed by atoms with Gasteiger partial charge in [-0.05, 0) is 23.6 Å². The highest BCUT2D eigenvalue weighted by Crippen LogP contribution is 2.45. The molecule has 0 saturated heterocycles. The lowest BCUT2D eigenvalue weighted by atomic mass is 10.3. The summed E-state index contributed by atoms with van der Waals surface area (Å²) in [5.74, 6) is 1.05. The van der Waals surface area contributed by atoms with Gasteiger partial charge in [-0.2, -0.15) is 0 Å². The Labute approximate surface area is 90.3 Å². The Morgan fingerprint density at radius 2 is 2.43 bits per heavy atom. The summed E-state index contributed by atoms with van der Waals surface area (Å²) in [5.41, 5.74) is 0. The smallest absolute Gasteiger partial charge is 0.118 e. The minimum atomic E-state index is 0.409. The first-order chi connectivity index (χ1) is 6.93. The molecule has 3 heterocycles. The van der Waals surface area contributed by atoms with E-state index in [1.807, 2.05) is 23.9 Å². The van der Waals surface area contributed by atoms with Crippen LogP contribution in [0.3, 0.4) is 0 Å². The molecule has 2 aromatic rings. The van der Waals surface area contributed by atoms with E-state index in [0.29, 0.717) is 5.25 Å². The normalized spacial score (nSPS) is 20.1. The Bertz CT molecular complexity index is 421. The lowest BCUT2D eigenvalue weighted by molar-refractivity contribution is 0.509. The summed E-state index contributed by atoms with van der Waals surface area (Å²) in [6, 6.07) is 6.14. The second kappa shape index (κ2) is 3.37. The molecule has 0 fully saturated rings. The van der Waals surface area contributed by atoms with E-state index >= 15 is 0 Å². The maximum atomic E-state index is 5.41. The number of rotatable bonds is 1. The zero-order valence-corrected chi connectivity index (χ0v) is 9.03. The third-order valence-corrected chi connectivity index (χ3v) is 4.49. The van der Waals surface area contributed by atoms with Crippen molar-refractivity contribution in [3.63, 3.8) is 0 Å². The van der Waals surface area contributed by atoms with Crippen molar-refractivity contribution >= 4 is 28.1 Å². The zero-order valence-electron chi connectivity index (χ0n) is 7.40. The molecular weight excluding hydrogens is 214 g/mol. The molecule has 1 N–H and O–H groups in total. The second-order valence-corrected chi connectivity index (χ2v) is 5.28. The van der Waals surface area contributed by atoms with E-state index in [4.69, 9.17) is 4.42 Å². The first-order valence-electron chi connectivity index (χ1n) is 4.45. The number of hydrogen-bond acceptors (Lipinski definition) is 4. The van der Waals surface area contributed by atoms with E-state index in [9.17, 15) is 0 Å². The van der Waals surface area contributed by atoms with Crippen molar-refractivity contribution in [3.8, 4) is 0 Å². The molecule has 0 aliphatic carbocycles. The summed E-state index contributed by atoms with van der Waals surface area (Å²) in [6.07, 6.45) is 1.74. The molecule has 1 atom stereocenters. The van der Waals surface area contributed by atoms with Crippen LogP contribution in [0.4, 0.5) is 5.00 Å². The Hall–Kier alpha value is -0.870. The number of thiophene rings is 1. The fourth-order valence-corrected chi connectivity index (χ4v) is 3.65. The second-order valence-electron chi connectivity index (χ2n) is 3.12. The van der Waals surface area contributed by atoms with Gasteiger partial charge in [0.2, 0.25) is 0 Å². The van der Waals surface area contributed by atoms with E-state index < -0.39 is 0 Å². The fourth-order valence-electron chi connectivity index (χ4n) is 1.53. The predicted molar refractivity (Wildman–Crippen MR) is 60.1 cm³/mol. The van der Waals surface area contributed by atoms with Crippen molar-refractivity contribution in [2.45, 2.75) is 10.1 Å². The van der Waals surface area contributed by atoms with E-state index in [1.165, 1.54) is 9.90 Å². The maximum Gasteiger partial charge on any atom is 0.118 e. The van der Waals surface area contributed by atoms with Gasteiger partial charge in [0.25, 0.3) is 0 Å². The molecule has 0 spiro atoms. The molecule has 2 nitrogen and oxygen atoms in total. The molecule has 72 valence electrons. The van der Waals surface area contributed by atoms with Gasteiger partial charge in [0, 0.05) is 11.4 Å². The van der Waals surface area contributed by atoms with Crippen LogP contribution in [-0.4, -0.2) is 6.54 Å². The molecule has 0 amide bonds. The van der Waals surface area contributed by atoms with Crippen LogP contribution in [0.25, 0.3) is 0 Å². The highest BCUT2D eigenvalue weighted by Gasteiger charge is 2.22. The lowest BCUT2D eigenvalue weighted by Crippen LogP contribution is -2.12. The van der Waals surface area contributed by atoms with Crippen molar-refractivity contribution < 1.29 is 4.42 Å². The molecule has 4 heteroatoms. The molecule has 1 unspecified atom stereocenters. The van der Waals surface area contributed by atoms with Crippen LogP contribution in [0.2, 0.25) is 0 Å². The third-order valence-electron chi connectivity index (χ3n) is 2.21. The van der Waals surface area contributed by atoms with Gasteiger partial charge in [-0.1, -0.05) is 0 Å². The van der Waals surface area contributed by atoms with Crippen molar-refractivity contribution in [2.75, 3.05) is 11.9 Å². The summed E-state index contributed by atoms with van der Waals surface area (Å²) in [6.45, 7) is 0.950. The molecule has 3 rings (SSSR count). The summed E-state index contributed by atoms with van der Waals surface area (Å²) in [7, 11) is 0. The standard InChI is InChI=1S/C10H9NOS2/c1-2-7(12-4-1)9-6-11-10-8(14-9)3-5-13-10/h1-5,9,11H,6H2. The van der Waals surface area contributed by atoms with Crippen LogP contribution in [0.5, 0.6) is 0 Å². The molecule has 1 aliphatic heterocycles. The topological polar surface area (TPSA) is 25.2 Å². The van der Waals surface area contributed by atoms with Gasteiger partial charge in [0.1, 0.15) is 10.8 Å². The first kappa shape index (κ1) is 8.44. The Kier molecular flexibility index (Phi) is 2.03. The molecule has 2 aromatic heterocycles. The van der Waals surface area contributed by atoms with Gasteiger partial charge in [0.15, 0.2) is 0 Å². The van der Waals surface area contributed by atoms with Crippen molar-refractivity contribution in [1.29, 1.82) is 0 Å². The van der Waals surface area contributed by atoms with Gasteiger partial charge >= 0.3 is 0 Å². The number of anilines is 1. The summed E-state index contributed by atoms with van der Waals surface area (Å²) in [4.78, 5) is 1.34. The van der Waals surface area contributed by atoms with Gasteiger partial charge in [-0.25, -0.2) is 0 Å². The quantitative estimate of drug-likeness (QED) is 0.799. The Morgan fingerprint density at radius 3 is 3.29 bits per heavy atom. The molecule has 0 radical (unpaired) electrons. The van der Waals surface area contributed by atoms with Crippen LogP contribution in [0.15, 0.2) is 39.2 Å². The number of thioether (sulfide) groups is 1. The number of fused-ring (bicyclic) bond motifs is 1. The molecule has 0 bridgehead atoms. The van der Waals surface area contributed by atoms with Crippen LogP contribution < -0.4 is 5.32 Å². The average Bonchev–Trinajstić information content (AvgIpc) is 2.88. The van der Waals surface area contributed by atoms with Gasteiger partial charge in [-0.15, -0.1) is 23.1 Å². The van der Waals surface area contributed by atoms with Crippen molar-refractivity contribution in [3.05, 3.63) is 35.6 Å². The molecule has 14 heavy (non-hydrogen) atoms. The van der Waals surface area contributed by atoms with Crippen molar-refractivity contribution in [1.82, 2.24) is 0 Å². The van der Waals surface area contributed by atoms with E-state index in [2.05, 4.69) is 16.8 Å². The van der Waals surface area contributed by atoms with Crippen LogP contribution >= 0.6 is 23.1 Å². The largest absolute Gasteiger partial charge is 0.468 e. The first-order valence-corrected chi connectivity index (χ1v) is 6.21. The molecule has 0 aromatic carbocycles. The predicted octanol–water partition coefficient (Wildman–Crippen LogP) is 3.60. The monoisotopic (exact) mass is 223 g/mol. The maximum absolute atomic E-state index is 5.41. The Balaban J connectivity index is 1.88. The van der Waals surface area contributed by atoms with Crippen LogP contribution in [0, 0.1) is 0 Å². The van der Waals surface area contributed by atoms with E-state index in [0.717, 1.165) is 12.3 Å². The molecular formula is C10H9NOS2. The highest BCUT2D eigenvalue weighted by molar-refractivity contribution is 8.00. The van der Waals surface area contributed by atoms with Crippen molar-refractivity contribution in [2.24, 2.45) is 0 Å². The Morgan fingerprint density at radius 1 is 1.43 bits per heavy atom. The number of furan rings is 1. The van der Waals surface area contributed by atoms with Gasteiger partial charge in [-0.3, -0.25) is 0 Å². The van der Waals surface area contributed by atoms with Gasteiger partial charge in [0.05, 0.1) is 11.5 Å². The zero-order chi connectivity index (χ0) is 9.38. The summed E-state index contributed by atoms with van der Waals surface area (Å²) >= 11 is 3.64. The summed E-state index contributed by atoms with van der Waals surface area (Å²) in [5, 5.41) is 7.24. The lowest BCUT2D eigenvalue weighted by Gasteiger charge is -2.21. The van der Waals surface area contributed by atoms with Crippen LogP contribution in [0.1, 0.15) is 11.0 Å². The van der Waals surface area contributed by atoms with Crippen LogP contribution in [-0.2, 0) is 0 Å². The van der Waals surface area contributed by atoms with E-state index in [1.54, 1.807) is 17.6 Å². The minimum absolute atomic E-state index is 0.409.